The molecule has 1 aliphatic heterocycles. The highest BCUT2D eigenvalue weighted by atomic mass is 35.5. The monoisotopic (exact) mass is 287 g/mol. The Morgan fingerprint density at radius 3 is 2.05 bits per heavy atom. The van der Waals surface area contributed by atoms with Gasteiger partial charge in [-0.25, -0.2) is 0 Å². The van der Waals surface area contributed by atoms with Crippen molar-refractivity contribution in [2.45, 2.75) is 25.8 Å². The number of phenols is 1. The summed E-state index contributed by atoms with van der Waals surface area (Å²) in [5.74, 6) is 1.02. The van der Waals surface area contributed by atoms with Crippen molar-refractivity contribution in [2.24, 2.45) is 0 Å². The second-order valence-electron chi connectivity index (χ2n) is 4.69. The molecular weight excluding hydrogens is 266 g/mol. The Labute approximate surface area is 120 Å². The summed E-state index contributed by atoms with van der Waals surface area (Å²) in [6.45, 7) is 3.17. The molecule has 1 aliphatic rings. The third kappa shape index (κ3) is 3.91. The summed E-state index contributed by atoms with van der Waals surface area (Å²) in [5, 5.41) is 9.86. The zero-order valence-electron chi connectivity index (χ0n) is 11.5. The van der Waals surface area contributed by atoms with Crippen LogP contribution in [0.4, 0.5) is 0 Å². The van der Waals surface area contributed by atoms with Crippen molar-refractivity contribution >= 4 is 12.4 Å². The number of ether oxygens (including phenoxy) is 2. The van der Waals surface area contributed by atoms with Crippen LogP contribution < -0.4 is 9.47 Å². The summed E-state index contributed by atoms with van der Waals surface area (Å²) in [7, 11) is 3.11. The minimum absolute atomic E-state index is 0. The molecule has 1 saturated heterocycles. The molecule has 5 heteroatoms. The Hall–Kier alpha value is -1.13. The van der Waals surface area contributed by atoms with E-state index in [-0.39, 0.29) is 18.2 Å². The molecule has 0 radical (unpaired) electrons. The average molecular weight is 288 g/mol. The molecule has 0 aliphatic carbocycles. The van der Waals surface area contributed by atoms with E-state index in [2.05, 4.69) is 4.90 Å². The topological polar surface area (TPSA) is 41.9 Å². The van der Waals surface area contributed by atoms with Gasteiger partial charge >= 0.3 is 0 Å². The minimum Gasteiger partial charge on any atom is -0.502 e. The van der Waals surface area contributed by atoms with Gasteiger partial charge in [0.15, 0.2) is 11.5 Å². The number of piperidine rings is 1. The predicted octanol–water partition coefficient (Wildman–Crippen LogP) is 2.82. The van der Waals surface area contributed by atoms with Crippen molar-refractivity contribution in [3.05, 3.63) is 17.7 Å². The Morgan fingerprint density at radius 1 is 1.05 bits per heavy atom. The third-order valence-electron chi connectivity index (χ3n) is 3.39. The van der Waals surface area contributed by atoms with Crippen LogP contribution in [-0.2, 0) is 6.54 Å². The van der Waals surface area contributed by atoms with Gasteiger partial charge in [-0.2, -0.15) is 0 Å². The van der Waals surface area contributed by atoms with Gasteiger partial charge in [-0.05, 0) is 43.6 Å². The molecule has 108 valence electrons. The van der Waals surface area contributed by atoms with Crippen molar-refractivity contribution < 1.29 is 14.6 Å². The maximum Gasteiger partial charge on any atom is 0.200 e. The zero-order valence-corrected chi connectivity index (χ0v) is 12.3. The van der Waals surface area contributed by atoms with E-state index >= 15 is 0 Å². The molecule has 1 aromatic rings. The average Bonchev–Trinajstić information content (AvgIpc) is 2.41. The van der Waals surface area contributed by atoms with E-state index < -0.39 is 0 Å². The molecule has 1 heterocycles. The van der Waals surface area contributed by atoms with Crippen LogP contribution in [0.1, 0.15) is 24.8 Å². The van der Waals surface area contributed by atoms with Gasteiger partial charge < -0.3 is 14.6 Å². The standard InChI is InChI=1S/C14H21NO3.ClH/c1-17-12-8-11(9-13(18-2)14(12)16)10-15-6-4-3-5-7-15;/h8-9,16H,3-7,10H2,1-2H3;1H. The van der Waals surface area contributed by atoms with Crippen LogP contribution >= 0.6 is 12.4 Å². The maximum absolute atomic E-state index is 9.86. The van der Waals surface area contributed by atoms with Crippen molar-refractivity contribution in [2.75, 3.05) is 27.3 Å². The number of aromatic hydroxyl groups is 1. The predicted molar refractivity (Wildman–Crippen MR) is 77.6 cm³/mol. The molecule has 0 bridgehead atoms. The Balaban J connectivity index is 0.00000180. The van der Waals surface area contributed by atoms with Crippen molar-refractivity contribution in [3.8, 4) is 17.2 Å². The molecule has 1 aromatic carbocycles. The molecule has 0 atom stereocenters. The fraction of sp³-hybridized carbons (Fsp3) is 0.571. The van der Waals surface area contributed by atoms with Gasteiger partial charge in [-0.3, -0.25) is 4.90 Å². The van der Waals surface area contributed by atoms with E-state index in [1.54, 1.807) is 14.2 Å². The first-order chi connectivity index (χ1) is 8.74. The number of likely N-dealkylation sites (tertiary alicyclic amines) is 1. The molecule has 4 nitrogen and oxygen atoms in total. The Bertz CT molecular complexity index is 381. The van der Waals surface area contributed by atoms with E-state index in [0.717, 1.165) is 25.2 Å². The van der Waals surface area contributed by atoms with Crippen LogP contribution in [0.25, 0.3) is 0 Å². The van der Waals surface area contributed by atoms with Gasteiger partial charge in [0, 0.05) is 6.54 Å². The summed E-state index contributed by atoms with van der Waals surface area (Å²) < 4.78 is 10.3. The number of hydrogen-bond donors (Lipinski definition) is 1. The number of hydrogen-bond acceptors (Lipinski definition) is 4. The fourth-order valence-corrected chi connectivity index (χ4v) is 2.41. The highest BCUT2D eigenvalue weighted by Crippen LogP contribution is 2.37. The second-order valence-corrected chi connectivity index (χ2v) is 4.69. The highest BCUT2D eigenvalue weighted by Gasteiger charge is 2.15. The van der Waals surface area contributed by atoms with E-state index in [4.69, 9.17) is 9.47 Å². The summed E-state index contributed by atoms with van der Waals surface area (Å²) in [4.78, 5) is 2.43. The van der Waals surface area contributed by atoms with Gasteiger partial charge in [-0.1, -0.05) is 6.42 Å². The normalized spacial score (nSPS) is 15.7. The van der Waals surface area contributed by atoms with Gasteiger partial charge in [0.25, 0.3) is 0 Å². The van der Waals surface area contributed by atoms with Crippen molar-refractivity contribution in [1.29, 1.82) is 0 Å². The highest BCUT2D eigenvalue weighted by molar-refractivity contribution is 5.85. The van der Waals surface area contributed by atoms with Crippen LogP contribution in [0.15, 0.2) is 12.1 Å². The van der Waals surface area contributed by atoms with Crippen LogP contribution in [0.5, 0.6) is 17.2 Å². The molecule has 19 heavy (non-hydrogen) atoms. The zero-order chi connectivity index (χ0) is 13.0. The number of methoxy groups -OCH3 is 2. The van der Waals surface area contributed by atoms with Gasteiger partial charge in [0.1, 0.15) is 0 Å². The first-order valence-electron chi connectivity index (χ1n) is 6.41. The van der Waals surface area contributed by atoms with Crippen LogP contribution in [0.2, 0.25) is 0 Å². The van der Waals surface area contributed by atoms with Crippen molar-refractivity contribution in [1.82, 2.24) is 4.90 Å². The summed E-state index contributed by atoms with van der Waals surface area (Å²) in [5.41, 5.74) is 1.11. The number of benzene rings is 1. The molecule has 0 unspecified atom stereocenters. The molecule has 0 saturated carbocycles. The van der Waals surface area contributed by atoms with E-state index in [0.29, 0.717) is 11.5 Å². The van der Waals surface area contributed by atoms with Gasteiger partial charge in [0.05, 0.1) is 14.2 Å². The minimum atomic E-state index is 0. The van der Waals surface area contributed by atoms with E-state index in [1.807, 2.05) is 12.1 Å². The molecule has 0 aromatic heterocycles. The van der Waals surface area contributed by atoms with E-state index in [9.17, 15) is 5.11 Å². The molecule has 0 amide bonds. The second kappa shape index (κ2) is 7.46. The van der Waals surface area contributed by atoms with E-state index in [1.165, 1.54) is 19.3 Å². The summed E-state index contributed by atoms with van der Waals surface area (Å²) in [6.07, 6.45) is 3.87. The number of halogens is 1. The Kier molecular flexibility index (Phi) is 6.25. The summed E-state index contributed by atoms with van der Waals surface area (Å²) in [6, 6.07) is 3.76. The SMILES string of the molecule is COc1cc(CN2CCCCC2)cc(OC)c1O.Cl. The Morgan fingerprint density at radius 2 is 1.58 bits per heavy atom. The van der Waals surface area contributed by atoms with Crippen LogP contribution in [-0.4, -0.2) is 37.3 Å². The number of rotatable bonds is 4. The summed E-state index contributed by atoms with van der Waals surface area (Å²) >= 11 is 0. The number of nitrogens with zero attached hydrogens (tertiary/aromatic N) is 1. The number of phenolic OH excluding ortho intramolecular Hbond substituents is 1. The van der Waals surface area contributed by atoms with Crippen molar-refractivity contribution in [3.63, 3.8) is 0 Å². The molecule has 0 spiro atoms. The molecule has 2 rings (SSSR count). The van der Waals surface area contributed by atoms with Gasteiger partial charge in [0.2, 0.25) is 5.75 Å². The lowest BCUT2D eigenvalue weighted by molar-refractivity contribution is 0.220. The quantitative estimate of drug-likeness (QED) is 0.925. The smallest absolute Gasteiger partial charge is 0.200 e. The molecule has 1 fully saturated rings. The lowest BCUT2D eigenvalue weighted by Gasteiger charge is -2.26. The fourth-order valence-electron chi connectivity index (χ4n) is 2.41. The van der Waals surface area contributed by atoms with Crippen LogP contribution in [0, 0.1) is 0 Å². The maximum atomic E-state index is 9.86. The third-order valence-corrected chi connectivity index (χ3v) is 3.39. The lowest BCUT2D eigenvalue weighted by Crippen LogP contribution is -2.29. The lowest BCUT2D eigenvalue weighted by atomic mass is 10.1. The first kappa shape index (κ1) is 15.9. The van der Waals surface area contributed by atoms with Gasteiger partial charge in [-0.15, -0.1) is 12.4 Å². The largest absolute Gasteiger partial charge is 0.502 e. The van der Waals surface area contributed by atoms with Crippen LogP contribution in [0.3, 0.4) is 0 Å². The molecule has 1 N–H and O–H groups in total. The molecular formula is C14H22ClNO3. The first-order valence-corrected chi connectivity index (χ1v) is 6.41.